The second-order valence-electron chi connectivity index (χ2n) is 5.42. The topological polar surface area (TPSA) is 106 Å². The van der Waals surface area contributed by atoms with Gasteiger partial charge >= 0.3 is 0 Å². The van der Waals surface area contributed by atoms with Crippen molar-refractivity contribution in [1.29, 1.82) is 0 Å². The molecule has 2 rings (SSSR count). The molecule has 0 fully saturated rings. The molecule has 4 N–H and O–H groups in total. The fourth-order valence-corrected chi connectivity index (χ4v) is 2.34. The van der Waals surface area contributed by atoms with Crippen LogP contribution in [0, 0.1) is 0 Å². The number of primary amides is 2. The van der Waals surface area contributed by atoms with E-state index >= 15 is 0 Å². The van der Waals surface area contributed by atoms with Gasteiger partial charge in [0.2, 0.25) is 17.7 Å². The maximum Gasteiger partial charge on any atom is 0.237 e. The first-order chi connectivity index (χ1) is 11.5. The zero-order valence-corrected chi connectivity index (χ0v) is 13.1. The SMILES string of the molecule is NC(=O)CN(CC(N)=O)C(=O)Cc1ccc(-c2ccccc2)cc1. The lowest BCUT2D eigenvalue weighted by Gasteiger charge is -2.19. The Morgan fingerprint density at radius 2 is 1.25 bits per heavy atom. The Morgan fingerprint density at radius 3 is 1.75 bits per heavy atom. The van der Waals surface area contributed by atoms with Crippen LogP contribution >= 0.6 is 0 Å². The van der Waals surface area contributed by atoms with Gasteiger partial charge in [0.1, 0.15) is 0 Å². The standard InChI is InChI=1S/C18H19N3O3/c19-16(22)11-21(12-17(20)23)18(24)10-13-6-8-15(9-7-13)14-4-2-1-3-5-14/h1-9H,10-12H2,(H2,19,22)(H2,20,23). The second kappa shape index (κ2) is 7.92. The van der Waals surface area contributed by atoms with Crippen LogP contribution in [-0.4, -0.2) is 35.7 Å². The Bertz CT molecular complexity index is 711. The van der Waals surface area contributed by atoms with Crippen LogP contribution in [0.5, 0.6) is 0 Å². The maximum atomic E-state index is 12.2. The highest BCUT2D eigenvalue weighted by Crippen LogP contribution is 2.19. The van der Waals surface area contributed by atoms with Gasteiger partial charge in [0.15, 0.2) is 0 Å². The van der Waals surface area contributed by atoms with E-state index in [0.717, 1.165) is 21.6 Å². The predicted molar refractivity (Wildman–Crippen MR) is 90.6 cm³/mol. The summed E-state index contributed by atoms with van der Waals surface area (Å²) in [6.07, 6.45) is 0.0651. The van der Waals surface area contributed by atoms with E-state index in [9.17, 15) is 14.4 Å². The fraction of sp³-hybridized carbons (Fsp3) is 0.167. The van der Waals surface area contributed by atoms with Crippen molar-refractivity contribution in [1.82, 2.24) is 4.90 Å². The van der Waals surface area contributed by atoms with Crippen LogP contribution in [0.1, 0.15) is 5.56 Å². The van der Waals surface area contributed by atoms with Gasteiger partial charge in [-0.2, -0.15) is 0 Å². The van der Waals surface area contributed by atoms with E-state index in [1.54, 1.807) is 0 Å². The molecule has 3 amide bonds. The van der Waals surface area contributed by atoms with E-state index in [2.05, 4.69) is 0 Å². The molecule has 0 radical (unpaired) electrons. The van der Waals surface area contributed by atoms with Gasteiger partial charge in [-0.25, -0.2) is 0 Å². The van der Waals surface area contributed by atoms with Crippen molar-refractivity contribution in [3.8, 4) is 11.1 Å². The molecule has 0 atom stereocenters. The summed E-state index contributed by atoms with van der Waals surface area (Å²) >= 11 is 0. The Labute approximate surface area is 140 Å². The molecule has 6 heteroatoms. The number of amides is 3. The molecule has 124 valence electrons. The first kappa shape index (κ1) is 17.2. The highest BCUT2D eigenvalue weighted by Gasteiger charge is 2.18. The van der Waals surface area contributed by atoms with Crippen LogP contribution in [0.3, 0.4) is 0 Å². The van der Waals surface area contributed by atoms with Gasteiger partial charge in [0, 0.05) is 0 Å². The molecule has 0 aliphatic heterocycles. The largest absolute Gasteiger partial charge is 0.368 e. The Morgan fingerprint density at radius 1 is 0.750 bits per heavy atom. The third-order valence-electron chi connectivity index (χ3n) is 3.46. The first-order valence-corrected chi connectivity index (χ1v) is 7.44. The quantitative estimate of drug-likeness (QED) is 0.782. The van der Waals surface area contributed by atoms with E-state index in [1.807, 2.05) is 54.6 Å². The third-order valence-corrected chi connectivity index (χ3v) is 3.46. The minimum absolute atomic E-state index is 0.0651. The smallest absolute Gasteiger partial charge is 0.237 e. The van der Waals surface area contributed by atoms with E-state index in [0.29, 0.717) is 0 Å². The van der Waals surface area contributed by atoms with Gasteiger partial charge in [0.05, 0.1) is 19.5 Å². The predicted octanol–water partition coefficient (Wildman–Crippen LogP) is 0.695. The van der Waals surface area contributed by atoms with Gasteiger partial charge in [0.25, 0.3) is 0 Å². The van der Waals surface area contributed by atoms with E-state index < -0.39 is 11.8 Å². The molecule has 2 aromatic rings. The lowest BCUT2D eigenvalue weighted by atomic mass is 10.0. The van der Waals surface area contributed by atoms with Crippen LogP contribution in [0.15, 0.2) is 54.6 Å². The van der Waals surface area contributed by atoms with Crippen LogP contribution in [0.25, 0.3) is 11.1 Å². The molecule has 0 bridgehead atoms. The molecule has 0 aromatic heterocycles. The molecule has 0 saturated carbocycles. The van der Waals surface area contributed by atoms with Crippen LogP contribution in [-0.2, 0) is 20.8 Å². The molecular weight excluding hydrogens is 306 g/mol. The summed E-state index contributed by atoms with van der Waals surface area (Å²) < 4.78 is 0. The molecule has 0 aliphatic carbocycles. The summed E-state index contributed by atoms with van der Waals surface area (Å²) in [5.74, 6) is -1.76. The van der Waals surface area contributed by atoms with E-state index in [-0.39, 0.29) is 25.4 Å². The molecule has 0 heterocycles. The van der Waals surface area contributed by atoms with Crippen molar-refractivity contribution in [2.24, 2.45) is 11.5 Å². The zero-order chi connectivity index (χ0) is 17.5. The summed E-state index contributed by atoms with van der Waals surface area (Å²) in [5.41, 5.74) is 13.1. The molecule has 0 unspecified atom stereocenters. The van der Waals surface area contributed by atoms with Gasteiger partial charge in [-0.15, -0.1) is 0 Å². The van der Waals surface area contributed by atoms with E-state index in [1.165, 1.54) is 0 Å². The third kappa shape index (κ3) is 4.95. The lowest BCUT2D eigenvalue weighted by Crippen LogP contribution is -2.43. The summed E-state index contributed by atoms with van der Waals surface area (Å²) in [6, 6.07) is 17.4. The molecule has 0 aliphatic rings. The molecular formula is C18H19N3O3. The molecule has 0 saturated heterocycles. The van der Waals surface area contributed by atoms with Crippen LogP contribution < -0.4 is 11.5 Å². The number of hydrogen-bond donors (Lipinski definition) is 2. The molecule has 6 nitrogen and oxygen atoms in total. The van der Waals surface area contributed by atoms with Crippen molar-refractivity contribution in [2.45, 2.75) is 6.42 Å². The monoisotopic (exact) mass is 325 g/mol. The fourth-order valence-electron chi connectivity index (χ4n) is 2.34. The van der Waals surface area contributed by atoms with Gasteiger partial charge in [-0.3, -0.25) is 14.4 Å². The van der Waals surface area contributed by atoms with Gasteiger partial charge < -0.3 is 16.4 Å². The van der Waals surface area contributed by atoms with E-state index in [4.69, 9.17) is 11.5 Å². The number of nitrogens with two attached hydrogens (primary N) is 2. The average molecular weight is 325 g/mol. The maximum absolute atomic E-state index is 12.2. The number of benzene rings is 2. The summed E-state index contributed by atoms with van der Waals surface area (Å²) in [7, 11) is 0. The Kier molecular flexibility index (Phi) is 5.68. The summed E-state index contributed by atoms with van der Waals surface area (Å²) in [6.45, 7) is -0.659. The van der Waals surface area contributed by atoms with Crippen molar-refractivity contribution in [3.63, 3.8) is 0 Å². The lowest BCUT2D eigenvalue weighted by molar-refractivity contribution is -0.137. The van der Waals surface area contributed by atoms with Crippen molar-refractivity contribution < 1.29 is 14.4 Å². The van der Waals surface area contributed by atoms with Gasteiger partial charge in [-0.05, 0) is 16.7 Å². The highest BCUT2D eigenvalue weighted by molar-refractivity contribution is 5.89. The normalized spacial score (nSPS) is 10.2. The number of carbonyl (C=O) groups is 3. The van der Waals surface area contributed by atoms with Crippen LogP contribution in [0.2, 0.25) is 0 Å². The number of nitrogens with zero attached hydrogens (tertiary/aromatic N) is 1. The van der Waals surface area contributed by atoms with Crippen LogP contribution in [0.4, 0.5) is 0 Å². The molecule has 24 heavy (non-hydrogen) atoms. The molecule has 0 spiro atoms. The van der Waals surface area contributed by atoms with Gasteiger partial charge in [-0.1, -0.05) is 54.6 Å². The number of rotatable bonds is 7. The average Bonchev–Trinajstić information content (AvgIpc) is 2.55. The van der Waals surface area contributed by atoms with Crippen molar-refractivity contribution >= 4 is 17.7 Å². The first-order valence-electron chi connectivity index (χ1n) is 7.44. The minimum atomic E-state index is -0.691. The zero-order valence-electron chi connectivity index (χ0n) is 13.1. The summed E-state index contributed by atoms with van der Waals surface area (Å²) in [5, 5.41) is 0. The Hall–Kier alpha value is -3.15. The molecule has 2 aromatic carbocycles. The number of carbonyl (C=O) groups excluding carboxylic acids is 3. The number of hydrogen-bond acceptors (Lipinski definition) is 3. The minimum Gasteiger partial charge on any atom is -0.368 e. The summed E-state index contributed by atoms with van der Waals surface area (Å²) in [4.78, 5) is 35.4. The highest BCUT2D eigenvalue weighted by atomic mass is 16.2. The van der Waals surface area contributed by atoms with Crippen molar-refractivity contribution in [2.75, 3.05) is 13.1 Å². The second-order valence-corrected chi connectivity index (χ2v) is 5.42. The van der Waals surface area contributed by atoms with Crippen molar-refractivity contribution in [3.05, 3.63) is 60.2 Å². The Balaban J connectivity index is 2.07.